The molecule has 8 nitrogen and oxygen atoms in total. The lowest BCUT2D eigenvalue weighted by Crippen LogP contribution is -2.59. The van der Waals surface area contributed by atoms with Crippen molar-refractivity contribution in [3.05, 3.63) is 17.8 Å². The minimum absolute atomic E-state index is 0.114. The molecule has 0 unspecified atom stereocenters. The third-order valence-electron chi connectivity index (χ3n) is 2.80. The number of pyridine rings is 1. The van der Waals surface area contributed by atoms with E-state index in [0.717, 1.165) is 4.90 Å². The Bertz CT molecular complexity index is 539. The molecule has 0 aromatic carbocycles. The van der Waals surface area contributed by atoms with Gasteiger partial charge in [0.2, 0.25) is 0 Å². The van der Waals surface area contributed by atoms with Crippen molar-refractivity contribution in [2.24, 2.45) is 5.10 Å². The zero-order valence-electron chi connectivity index (χ0n) is 9.97. The second kappa shape index (κ2) is 3.93. The summed E-state index contributed by atoms with van der Waals surface area (Å²) in [6.45, 7) is 0. The Morgan fingerprint density at radius 3 is 2.83 bits per heavy atom. The molecule has 1 aromatic heterocycles. The lowest BCUT2D eigenvalue weighted by molar-refractivity contribution is -0.0950. The van der Waals surface area contributed by atoms with Gasteiger partial charge in [-0.3, -0.25) is 5.41 Å². The summed E-state index contributed by atoms with van der Waals surface area (Å²) >= 11 is 0. The molecule has 0 radical (unpaired) electrons. The van der Waals surface area contributed by atoms with Crippen molar-refractivity contribution in [2.75, 3.05) is 24.7 Å². The number of nitrogen functional groups attached to an aromatic ring is 1. The highest BCUT2D eigenvalue weighted by Gasteiger charge is 2.45. The van der Waals surface area contributed by atoms with Gasteiger partial charge >= 0.3 is 0 Å². The quantitative estimate of drug-likeness (QED) is 0.311. The molecule has 96 valence electrons. The van der Waals surface area contributed by atoms with E-state index in [1.165, 1.54) is 20.3 Å². The van der Waals surface area contributed by atoms with Gasteiger partial charge in [0.1, 0.15) is 5.82 Å². The molecule has 0 aliphatic carbocycles. The van der Waals surface area contributed by atoms with Gasteiger partial charge in [0, 0.05) is 25.9 Å². The Labute approximate surface area is 103 Å². The Hall–Kier alpha value is -2.19. The van der Waals surface area contributed by atoms with Crippen molar-refractivity contribution in [1.29, 1.82) is 5.41 Å². The van der Waals surface area contributed by atoms with E-state index >= 15 is 0 Å². The number of aromatic nitrogens is 1. The molecule has 0 fully saturated rings. The molecule has 18 heavy (non-hydrogen) atoms. The molecule has 0 spiro atoms. The van der Waals surface area contributed by atoms with Gasteiger partial charge in [-0.05, 0) is 6.07 Å². The highest BCUT2D eigenvalue weighted by atomic mass is 16.5. The smallest absolute Gasteiger partial charge is 0.296 e. The molecule has 0 atom stereocenters. The number of hydrogen-bond donors (Lipinski definition) is 5. The molecule has 8 heteroatoms. The molecule has 6 N–H and O–H groups in total. The van der Waals surface area contributed by atoms with Gasteiger partial charge in [-0.1, -0.05) is 0 Å². The van der Waals surface area contributed by atoms with E-state index in [0.29, 0.717) is 11.3 Å². The maximum atomic E-state index is 10.1. The molecule has 0 bridgehead atoms. The highest BCUT2D eigenvalue weighted by Crippen LogP contribution is 2.34. The van der Waals surface area contributed by atoms with Crippen LogP contribution >= 0.6 is 0 Å². The first-order chi connectivity index (χ1) is 8.41. The molecule has 1 aromatic rings. The molecule has 1 aliphatic heterocycles. The number of hydrazone groups is 1. The second-order valence-electron chi connectivity index (χ2n) is 3.85. The van der Waals surface area contributed by atoms with Crippen molar-refractivity contribution in [1.82, 2.24) is 10.4 Å². The summed E-state index contributed by atoms with van der Waals surface area (Å²) in [5.74, 6) is -2.29. The monoisotopic (exact) mass is 250 g/mol. The highest BCUT2D eigenvalue weighted by molar-refractivity contribution is 6.52. The van der Waals surface area contributed by atoms with Crippen LogP contribution < -0.4 is 16.1 Å². The fraction of sp³-hybridized carbons (Fsp3) is 0.300. The van der Waals surface area contributed by atoms with Crippen LogP contribution in [-0.4, -0.2) is 46.6 Å². The lowest BCUT2D eigenvalue weighted by atomic mass is 9.96. The van der Waals surface area contributed by atoms with Crippen LogP contribution in [-0.2, 0) is 0 Å². The summed E-state index contributed by atoms with van der Waals surface area (Å²) < 4.78 is 0. The first kappa shape index (κ1) is 12.3. The van der Waals surface area contributed by atoms with E-state index in [-0.39, 0.29) is 17.2 Å². The van der Waals surface area contributed by atoms with Crippen molar-refractivity contribution >= 4 is 22.9 Å². The number of anilines is 2. The van der Waals surface area contributed by atoms with Gasteiger partial charge in [0.15, 0.2) is 5.71 Å². The van der Waals surface area contributed by atoms with Gasteiger partial charge in [-0.2, -0.15) is 5.10 Å². The fourth-order valence-electron chi connectivity index (χ4n) is 1.88. The Morgan fingerprint density at radius 2 is 2.22 bits per heavy atom. The number of rotatable bonds is 1. The minimum Gasteiger partial charge on any atom is -0.382 e. The standard InChI is InChI=1S/C10H14N6O2/c1-13-15-8-6(11)5-3-4-14-9(12)7(5)16(2)10(8,17)18/h3-4,11,13,17-18H,1-2H3,(H2,12,14)/b11-6?,15-8+. The van der Waals surface area contributed by atoms with Gasteiger partial charge in [0.05, 0.1) is 11.4 Å². The number of aliphatic hydroxyl groups is 2. The van der Waals surface area contributed by atoms with Crippen LogP contribution in [0.3, 0.4) is 0 Å². The fourth-order valence-corrected chi connectivity index (χ4v) is 1.88. The maximum absolute atomic E-state index is 10.1. The Balaban J connectivity index is 2.72. The first-order valence-corrected chi connectivity index (χ1v) is 5.18. The Kier molecular flexibility index (Phi) is 2.68. The van der Waals surface area contributed by atoms with Crippen LogP contribution in [0.15, 0.2) is 17.4 Å². The number of nitrogens with two attached hydrogens (primary N) is 1. The van der Waals surface area contributed by atoms with Crippen LogP contribution in [0.25, 0.3) is 0 Å². The van der Waals surface area contributed by atoms with Gasteiger partial charge < -0.3 is 26.3 Å². The number of nitrogens with zero attached hydrogens (tertiary/aromatic N) is 3. The van der Waals surface area contributed by atoms with E-state index < -0.39 is 5.91 Å². The van der Waals surface area contributed by atoms with Crippen LogP contribution in [0.4, 0.5) is 11.5 Å². The average Bonchev–Trinajstić information content (AvgIpc) is 2.32. The third-order valence-corrected chi connectivity index (χ3v) is 2.80. The zero-order chi connectivity index (χ0) is 13.5. The summed E-state index contributed by atoms with van der Waals surface area (Å²) in [5, 5.41) is 31.8. The van der Waals surface area contributed by atoms with Crippen LogP contribution in [0.5, 0.6) is 0 Å². The summed E-state index contributed by atoms with van der Waals surface area (Å²) in [7, 11) is 2.95. The maximum Gasteiger partial charge on any atom is 0.296 e. The molecule has 1 aliphatic rings. The molecule has 2 heterocycles. The van der Waals surface area contributed by atoms with E-state index in [1.54, 1.807) is 6.07 Å². The zero-order valence-corrected chi connectivity index (χ0v) is 9.97. The summed E-state index contributed by atoms with van der Waals surface area (Å²) in [5.41, 5.74) is 8.57. The molecular weight excluding hydrogens is 236 g/mol. The first-order valence-electron chi connectivity index (χ1n) is 5.18. The van der Waals surface area contributed by atoms with E-state index in [1.807, 2.05) is 0 Å². The number of nitrogens with one attached hydrogen (secondary N) is 2. The number of fused-ring (bicyclic) bond motifs is 1. The summed E-state index contributed by atoms with van der Waals surface area (Å²) in [6, 6.07) is 1.57. The topological polar surface area (TPSA) is 131 Å². The SMILES string of the molecule is CN/N=C1\C(=N)c2ccnc(N)c2N(C)C1(O)O. The van der Waals surface area contributed by atoms with Crippen molar-refractivity contribution < 1.29 is 10.2 Å². The molecule has 0 saturated heterocycles. The second-order valence-corrected chi connectivity index (χ2v) is 3.85. The normalized spacial score (nSPS) is 19.9. The molecular formula is C10H14N6O2. The van der Waals surface area contributed by atoms with Gasteiger partial charge in [-0.15, -0.1) is 0 Å². The van der Waals surface area contributed by atoms with Crippen molar-refractivity contribution in [2.45, 2.75) is 5.91 Å². The van der Waals surface area contributed by atoms with Crippen LogP contribution in [0.2, 0.25) is 0 Å². The molecule has 0 saturated carbocycles. The van der Waals surface area contributed by atoms with Crippen molar-refractivity contribution in [3.8, 4) is 0 Å². The predicted molar refractivity (Wildman–Crippen MR) is 67.5 cm³/mol. The summed E-state index contributed by atoms with van der Waals surface area (Å²) in [6.07, 6.45) is 1.45. The van der Waals surface area contributed by atoms with E-state index in [2.05, 4.69) is 15.5 Å². The van der Waals surface area contributed by atoms with E-state index in [4.69, 9.17) is 11.1 Å². The number of hydrogen-bond acceptors (Lipinski definition) is 8. The molecule has 0 amide bonds. The Morgan fingerprint density at radius 1 is 1.56 bits per heavy atom. The summed E-state index contributed by atoms with van der Waals surface area (Å²) in [4.78, 5) is 5.00. The molecule has 2 rings (SSSR count). The van der Waals surface area contributed by atoms with Crippen LogP contribution in [0, 0.1) is 5.41 Å². The van der Waals surface area contributed by atoms with Crippen molar-refractivity contribution in [3.63, 3.8) is 0 Å². The predicted octanol–water partition coefficient (Wildman–Crippen LogP) is -1.30. The van der Waals surface area contributed by atoms with E-state index in [9.17, 15) is 10.2 Å². The van der Waals surface area contributed by atoms with Gasteiger partial charge in [-0.25, -0.2) is 4.98 Å². The average molecular weight is 250 g/mol. The minimum atomic E-state index is -2.41. The largest absolute Gasteiger partial charge is 0.382 e. The van der Waals surface area contributed by atoms with Gasteiger partial charge in [0.25, 0.3) is 5.91 Å². The lowest BCUT2D eigenvalue weighted by Gasteiger charge is -2.39. The third kappa shape index (κ3) is 1.50. The van der Waals surface area contributed by atoms with Crippen LogP contribution in [0.1, 0.15) is 5.56 Å².